The second kappa shape index (κ2) is 4.88. The number of thiophene rings is 1. The maximum atomic E-state index is 10.8. The van der Waals surface area contributed by atoms with E-state index in [9.17, 15) is 4.79 Å². The lowest BCUT2D eigenvalue weighted by molar-refractivity contribution is -0.117. The Morgan fingerprint density at radius 2 is 2.44 bits per heavy atom. The Labute approximate surface area is 105 Å². The van der Waals surface area contributed by atoms with Gasteiger partial charge in [-0.3, -0.25) is 0 Å². The van der Waals surface area contributed by atoms with E-state index in [0.717, 1.165) is 9.35 Å². The number of aryl methyl sites for hydroxylation is 1. The Bertz CT molecular complexity index is 506. The van der Waals surface area contributed by atoms with Crippen molar-refractivity contribution in [2.75, 3.05) is 0 Å². The van der Waals surface area contributed by atoms with E-state index in [1.165, 1.54) is 0 Å². The first-order valence-corrected chi connectivity index (χ1v) is 6.39. The first kappa shape index (κ1) is 11.5. The lowest BCUT2D eigenvalue weighted by Crippen LogP contribution is -1.93. The molecule has 2 aromatic heterocycles. The summed E-state index contributed by atoms with van der Waals surface area (Å²) in [5, 5.41) is 5.83. The van der Waals surface area contributed by atoms with Gasteiger partial charge < -0.3 is 9.32 Å². The second-order valence-corrected chi connectivity index (χ2v) is 5.17. The third-order valence-electron chi connectivity index (χ3n) is 1.95. The normalized spacial score (nSPS) is 10.6. The molecule has 0 unspecified atom stereocenters. The smallest absolute Gasteiger partial charge is 0.227 e. The summed E-state index contributed by atoms with van der Waals surface area (Å²) in [5.41, 5.74) is 0. The summed E-state index contributed by atoms with van der Waals surface area (Å²) in [6.07, 6.45) is 0.949. The average Bonchev–Trinajstić information content (AvgIpc) is 2.83. The van der Waals surface area contributed by atoms with Crippen LogP contribution in [0.15, 0.2) is 20.4 Å². The van der Waals surface area contributed by atoms with Gasteiger partial charge in [0, 0.05) is 22.7 Å². The van der Waals surface area contributed by atoms with E-state index < -0.39 is 0 Å². The number of ketones is 1. The van der Waals surface area contributed by atoms with Crippen molar-refractivity contribution in [3.63, 3.8) is 0 Å². The summed E-state index contributed by atoms with van der Waals surface area (Å²) in [4.78, 5) is 16.0. The van der Waals surface area contributed by atoms with Crippen molar-refractivity contribution in [2.45, 2.75) is 19.8 Å². The van der Waals surface area contributed by atoms with Gasteiger partial charge in [-0.1, -0.05) is 5.16 Å². The highest BCUT2D eigenvalue weighted by molar-refractivity contribution is 9.10. The summed E-state index contributed by atoms with van der Waals surface area (Å²) < 4.78 is 6.06. The zero-order chi connectivity index (χ0) is 11.5. The molecule has 0 radical (unpaired) electrons. The SMILES string of the molecule is CC(=O)CCc1nc(-c2cc(Br)cs2)no1. The molecule has 0 N–H and O–H groups in total. The fraction of sp³-hybridized carbons (Fsp3) is 0.300. The lowest BCUT2D eigenvalue weighted by Gasteiger charge is -1.88. The van der Waals surface area contributed by atoms with Gasteiger partial charge in [-0.2, -0.15) is 4.98 Å². The van der Waals surface area contributed by atoms with Crippen LogP contribution in [-0.2, 0) is 11.2 Å². The number of Topliss-reactive ketones (excluding diaryl/α,β-unsaturated/α-hetero) is 1. The molecular formula is C10H9BrN2O2S. The highest BCUT2D eigenvalue weighted by atomic mass is 79.9. The highest BCUT2D eigenvalue weighted by Gasteiger charge is 2.10. The van der Waals surface area contributed by atoms with Crippen molar-refractivity contribution in [2.24, 2.45) is 0 Å². The summed E-state index contributed by atoms with van der Waals surface area (Å²) >= 11 is 4.91. The molecule has 4 nitrogen and oxygen atoms in total. The monoisotopic (exact) mass is 300 g/mol. The molecule has 0 aliphatic heterocycles. The first-order chi connectivity index (χ1) is 7.65. The Balaban J connectivity index is 2.10. The fourth-order valence-corrected chi connectivity index (χ4v) is 2.52. The van der Waals surface area contributed by atoms with E-state index in [4.69, 9.17) is 4.52 Å². The molecule has 2 aromatic rings. The van der Waals surface area contributed by atoms with E-state index in [-0.39, 0.29) is 5.78 Å². The molecule has 0 spiro atoms. The van der Waals surface area contributed by atoms with Crippen LogP contribution in [-0.4, -0.2) is 15.9 Å². The van der Waals surface area contributed by atoms with Gasteiger partial charge in [-0.05, 0) is 28.9 Å². The molecule has 16 heavy (non-hydrogen) atoms. The largest absolute Gasteiger partial charge is 0.339 e. The van der Waals surface area contributed by atoms with Crippen LogP contribution in [0.3, 0.4) is 0 Å². The van der Waals surface area contributed by atoms with Crippen molar-refractivity contribution in [1.29, 1.82) is 0 Å². The third-order valence-corrected chi connectivity index (χ3v) is 3.63. The Hall–Kier alpha value is -1.01. The maximum absolute atomic E-state index is 10.8. The fourth-order valence-electron chi connectivity index (χ4n) is 1.17. The summed E-state index contributed by atoms with van der Waals surface area (Å²) in [6, 6.07) is 1.93. The van der Waals surface area contributed by atoms with Crippen molar-refractivity contribution in [1.82, 2.24) is 10.1 Å². The number of rotatable bonds is 4. The summed E-state index contributed by atoms with van der Waals surface area (Å²) in [6.45, 7) is 1.55. The van der Waals surface area contributed by atoms with Crippen LogP contribution >= 0.6 is 27.3 Å². The van der Waals surface area contributed by atoms with Crippen molar-refractivity contribution >= 4 is 33.0 Å². The van der Waals surface area contributed by atoms with Gasteiger partial charge in [0.2, 0.25) is 11.7 Å². The molecule has 0 fully saturated rings. The van der Waals surface area contributed by atoms with Gasteiger partial charge in [0.15, 0.2) is 0 Å². The van der Waals surface area contributed by atoms with Gasteiger partial charge in [0.1, 0.15) is 5.78 Å². The number of carbonyl (C=O) groups excluding carboxylic acids is 1. The van der Waals surface area contributed by atoms with Crippen molar-refractivity contribution in [3.8, 4) is 10.7 Å². The van der Waals surface area contributed by atoms with Crippen LogP contribution in [0.1, 0.15) is 19.2 Å². The minimum atomic E-state index is 0.124. The van der Waals surface area contributed by atoms with E-state index in [1.54, 1.807) is 18.3 Å². The van der Waals surface area contributed by atoms with Gasteiger partial charge in [-0.25, -0.2) is 0 Å². The molecule has 84 valence electrons. The molecule has 6 heteroatoms. The molecule has 0 atom stereocenters. The number of aromatic nitrogens is 2. The van der Waals surface area contributed by atoms with Crippen molar-refractivity contribution in [3.05, 3.63) is 21.8 Å². The molecule has 2 rings (SSSR count). The maximum Gasteiger partial charge on any atom is 0.227 e. The molecule has 0 aliphatic carbocycles. The lowest BCUT2D eigenvalue weighted by atomic mass is 10.2. The number of hydrogen-bond acceptors (Lipinski definition) is 5. The molecule has 0 saturated heterocycles. The van der Waals surface area contributed by atoms with Crippen LogP contribution in [0.4, 0.5) is 0 Å². The first-order valence-electron chi connectivity index (χ1n) is 4.71. The molecule has 0 aliphatic rings. The standard InChI is InChI=1S/C10H9BrN2O2S/c1-6(14)2-3-9-12-10(13-15-9)8-4-7(11)5-16-8/h4-5H,2-3H2,1H3. The molecule has 2 heterocycles. The van der Waals surface area contributed by atoms with Gasteiger partial charge >= 0.3 is 0 Å². The van der Waals surface area contributed by atoms with Gasteiger partial charge in [0.05, 0.1) is 4.88 Å². The molecular weight excluding hydrogens is 292 g/mol. The molecule has 0 aromatic carbocycles. The van der Waals surface area contributed by atoms with Crippen LogP contribution < -0.4 is 0 Å². The summed E-state index contributed by atoms with van der Waals surface area (Å²) in [7, 11) is 0. The Morgan fingerprint density at radius 1 is 1.62 bits per heavy atom. The van der Waals surface area contributed by atoms with E-state index in [2.05, 4.69) is 26.1 Å². The number of halogens is 1. The van der Waals surface area contributed by atoms with E-state index in [0.29, 0.717) is 24.6 Å². The van der Waals surface area contributed by atoms with E-state index >= 15 is 0 Å². The third kappa shape index (κ3) is 2.76. The van der Waals surface area contributed by atoms with Gasteiger partial charge in [-0.15, -0.1) is 11.3 Å². The van der Waals surface area contributed by atoms with Gasteiger partial charge in [0.25, 0.3) is 0 Å². The molecule has 0 saturated carbocycles. The van der Waals surface area contributed by atoms with Crippen LogP contribution in [0.5, 0.6) is 0 Å². The average molecular weight is 301 g/mol. The predicted octanol–water partition coefficient (Wildman–Crippen LogP) is 3.08. The highest BCUT2D eigenvalue weighted by Crippen LogP contribution is 2.27. The molecule has 0 bridgehead atoms. The minimum Gasteiger partial charge on any atom is -0.339 e. The number of hydrogen-bond donors (Lipinski definition) is 0. The predicted molar refractivity (Wildman–Crippen MR) is 64.3 cm³/mol. The minimum absolute atomic E-state index is 0.124. The van der Waals surface area contributed by atoms with Crippen LogP contribution in [0.25, 0.3) is 10.7 Å². The Kier molecular flexibility index (Phi) is 3.50. The molecule has 0 amide bonds. The Morgan fingerprint density at radius 3 is 3.06 bits per heavy atom. The topological polar surface area (TPSA) is 56.0 Å². The van der Waals surface area contributed by atoms with E-state index in [1.807, 2.05) is 11.4 Å². The zero-order valence-electron chi connectivity index (χ0n) is 8.57. The summed E-state index contributed by atoms with van der Waals surface area (Å²) in [5.74, 6) is 1.21. The quantitative estimate of drug-likeness (QED) is 0.871. The van der Waals surface area contributed by atoms with Crippen LogP contribution in [0.2, 0.25) is 0 Å². The van der Waals surface area contributed by atoms with Crippen molar-refractivity contribution < 1.29 is 9.32 Å². The van der Waals surface area contributed by atoms with Crippen LogP contribution in [0, 0.1) is 0 Å². The number of nitrogens with zero attached hydrogens (tertiary/aromatic N) is 2. The number of carbonyl (C=O) groups is 1. The second-order valence-electron chi connectivity index (χ2n) is 3.34. The zero-order valence-corrected chi connectivity index (χ0v) is 11.0.